The smallest absolute Gasteiger partial charge is 0.0221 e. The van der Waals surface area contributed by atoms with Crippen molar-refractivity contribution in [1.29, 1.82) is 0 Å². The molecule has 2 aliphatic rings. The molecule has 2 fully saturated rings. The molecule has 0 amide bonds. The van der Waals surface area contributed by atoms with E-state index in [0.717, 1.165) is 18.0 Å². The molecule has 1 heterocycles. The summed E-state index contributed by atoms with van der Waals surface area (Å²) in [5.74, 6) is 0.798. The Hall–Kier alpha value is -0.0800. The molecule has 0 bridgehead atoms. The molecular weight excluding hydrogens is 244 g/mol. The van der Waals surface area contributed by atoms with Crippen LogP contribution in [0.4, 0.5) is 0 Å². The summed E-state index contributed by atoms with van der Waals surface area (Å²) >= 11 is 0. The normalized spacial score (nSPS) is 36.8. The number of nitrogens with zero attached hydrogens (tertiary/aromatic N) is 1. The molecule has 1 saturated heterocycles. The largest absolute Gasteiger partial charge is 0.311 e. The molecule has 1 aliphatic carbocycles. The Morgan fingerprint density at radius 1 is 1.30 bits per heavy atom. The molecule has 20 heavy (non-hydrogen) atoms. The maximum Gasteiger partial charge on any atom is 0.0221 e. The van der Waals surface area contributed by atoms with Crippen molar-refractivity contribution in [2.75, 3.05) is 13.1 Å². The summed E-state index contributed by atoms with van der Waals surface area (Å²) in [6, 6.07) is 2.29. The van der Waals surface area contributed by atoms with Gasteiger partial charge in [-0.3, -0.25) is 4.90 Å². The molecule has 1 N–H and O–H groups in total. The summed E-state index contributed by atoms with van der Waals surface area (Å²) in [5.41, 5.74) is 0.554. The maximum absolute atomic E-state index is 3.82. The highest BCUT2D eigenvalue weighted by Gasteiger charge is 2.37. The highest BCUT2D eigenvalue weighted by atomic mass is 15.3. The van der Waals surface area contributed by atoms with Gasteiger partial charge in [0.05, 0.1) is 0 Å². The van der Waals surface area contributed by atoms with Crippen LogP contribution in [0.2, 0.25) is 0 Å². The standard InChI is InChI=1S/C18H36N2/c1-6-14(3)17-13-20(15(7-2)12-19-17)16-9-8-10-18(4,5)11-16/h14-17,19H,6-13H2,1-5H3. The monoisotopic (exact) mass is 280 g/mol. The number of piperazine rings is 1. The fraction of sp³-hybridized carbons (Fsp3) is 1.00. The van der Waals surface area contributed by atoms with Crippen LogP contribution in [-0.2, 0) is 0 Å². The molecule has 0 spiro atoms. The first kappa shape index (κ1) is 16.3. The molecule has 1 aliphatic heterocycles. The third-order valence-electron chi connectivity index (χ3n) is 5.94. The molecule has 4 unspecified atom stereocenters. The SMILES string of the molecule is CCC(C)C1CN(C2CCCC(C)(C)C2)C(CC)CN1. The first-order valence-corrected chi connectivity index (χ1v) is 8.96. The van der Waals surface area contributed by atoms with Gasteiger partial charge in [0.1, 0.15) is 0 Å². The molecule has 118 valence electrons. The van der Waals surface area contributed by atoms with Crippen molar-refractivity contribution in [2.24, 2.45) is 11.3 Å². The first-order chi connectivity index (χ1) is 9.46. The van der Waals surface area contributed by atoms with Crippen LogP contribution in [0.15, 0.2) is 0 Å². The zero-order valence-corrected chi connectivity index (χ0v) is 14.4. The van der Waals surface area contributed by atoms with E-state index in [1.807, 2.05) is 0 Å². The van der Waals surface area contributed by atoms with Crippen LogP contribution in [-0.4, -0.2) is 36.1 Å². The van der Waals surface area contributed by atoms with Gasteiger partial charge in [-0.25, -0.2) is 0 Å². The zero-order valence-electron chi connectivity index (χ0n) is 14.4. The minimum Gasteiger partial charge on any atom is -0.311 e. The van der Waals surface area contributed by atoms with Crippen LogP contribution >= 0.6 is 0 Å². The van der Waals surface area contributed by atoms with E-state index >= 15 is 0 Å². The molecule has 0 aromatic carbocycles. The lowest BCUT2D eigenvalue weighted by Crippen LogP contribution is -2.61. The Morgan fingerprint density at radius 3 is 2.65 bits per heavy atom. The average molecular weight is 280 g/mol. The van der Waals surface area contributed by atoms with Gasteiger partial charge in [-0.15, -0.1) is 0 Å². The van der Waals surface area contributed by atoms with Crippen molar-refractivity contribution in [1.82, 2.24) is 10.2 Å². The molecule has 1 saturated carbocycles. The highest BCUT2D eigenvalue weighted by Crippen LogP contribution is 2.38. The molecule has 4 atom stereocenters. The Balaban J connectivity index is 2.04. The highest BCUT2D eigenvalue weighted by molar-refractivity contribution is 4.94. The minimum atomic E-state index is 0.554. The lowest BCUT2D eigenvalue weighted by atomic mass is 9.74. The lowest BCUT2D eigenvalue weighted by molar-refractivity contribution is 0.0211. The molecule has 2 nitrogen and oxygen atoms in total. The summed E-state index contributed by atoms with van der Waals surface area (Å²) in [5, 5.41) is 3.82. The molecule has 0 aromatic heterocycles. The molecule has 0 aromatic rings. The van der Waals surface area contributed by atoms with Crippen LogP contribution < -0.4 is 5.32 Å². The Labute approximate surface area is 126 Å². The molecular formula is C18H36N2. The Bertz CT molecular complexity index is 300. The number of hydrogen-bond acceptors (Lipinski definition) is 2. The molecule has 2 heteroatoms. The van der Waals surface area contributed by atoms with Gasteiger partial charge in [-0.2, -0.15) is 0 Å². The summed E-state index contributed by atoms with van der Waals surface area (Å²) in [6.07, 6.45) is 8.24. The van der Waals surface area contributed by atoms with Crippen molar-refractivity contribution >= 4 is 0 Å². The molecule has 0 radical (unpaired) electrons. The van der Waals surface area contributed by atoms with Crippen LogP contribution in [0.3, 0.4) is 0 Å². The van der Waals surface area contributed by atoms with Crippen LogP contribution in [0.5, 0.6) is 0 Å². The first-order valence-electron chi connectivity index (χ1n) is 8.96. The lowest BCUT2D eigenvalue weighted by Gasteiger charge is -2.49. The fourth-order valence-electron chi connectivity index (χ4n) is 4.28. The van der Waals surface area contributed by atoms with E-state index in [4.69, 9.17) is 0 Å². The van der Waals surface area contributed by atoms with E-state index in [9.17, 15) is 0 Å². The summed E-state index contributed by atoms with van der Waals surface area (Å²) in [7, 11) is 0. The van der Waals surface area contributed by atoms with Crippen LogP contribution in [0, 0.1) is 11.3 Å². The van der Waals surface area contributed by atoms with Crippen molar-refractivity contribution in [3.8, 4) is 0 Å². The van der Waals surface area contributed by atoms with Gasteiger partial charge >= 0.3 is 0 Å². The van der Waals surface area contributed by atoms with Crippen molar-refractivity contribution in [3.05, 3.63) is 0 Å². The zero-order chi connectivity index (χ0) is 14.8. The summed E-state index contributed by atoms with van der Waals surface area (Å²) < 4.78 is 0. The summed E-state index contributed by atoms with van der Waals surface area (Å²) in [6.45, 7) is 14.5. The van der Waals surface area contributed by atoms with Crippen molar-refractivity contribution in [2.45, 2.75) is 91.3 Å². The Kier molecular flexibility index (Phi) is 5.53. The third kappa shape index (κ3) is 3.76. The van der Waals surface area contributed by atoms with Crippen LogP contribution in [0.1, 0.15) is 73.1 Å². The number of nitrogens with one attached hydrogen (secondary N) is 1. The van der Waals surface area contributed by atoms with Gasteiger partial charge in [0.25, 0.3) is 0 Å². The quantitative estimate of drug-likeness (QED) is 0.835. The van der Waals surface area contributed by atoms with Gasteiger partial charge in [-0.05, 0) is 37.0 Å². The minimum absolute atomic E-state index is 0.554. The number of rotatable bonds is 4. The van der Waals surface area contributed by atoms with Crippen LogP contribution in [0.25, 0.3) is 0 Å². The predicted octanol–water partition coefficient (Wildman–Crippen LogP) is 4.05. The van der Waals surface area contributed by atoms with Gasteiger partial charge < -0.3 is 5.32 Å². The van der Waals surface area contributed by atoms with E-state index in [2.05, 4.69) is 44.8 Å². The van der Waals surface area contributed by atoms with Crippen molar-refractivity contribution in [3.63, 3.8) is 0 Å². The Morgan fingerprint density at radius 2 is 2.05 bits per heavy atom. The number of hydrogen-bond donors (Lipinski definition) is 1. The van der Waals surface area contributed by atoms with E-state index in [0.29, 0.717) is 11.5 Å². The second kappa shape index (κ2) is 6.79. The maximum atomic E-state index is 3.82. The predicted molar refractivity (Wildman–Crippen MR) is 88.1 cm³/mol. The third-order valence-corrected chi connectivity index (χ3v) is 5.94. The van der Waals surface area contributed by atoms with E-state index in [1.54, 1.807) is 0 Å². The van der Waals surface area contributed by atoms with E-state index in [1.165, 1.54) is 51.6 Å². The van der Waals surface area contributed by atoms with Gasteiger partial charge in [0.15, 0.2) is 0 Å². The van der Waals surface area contributed by atoms with Gasteiger partial charge in [0, 0.05) is 31.2 Å². The second-order valence-electron chi connectivity index (χ2n) is 8.07. The topological polar surface area (TPSA) is 15.3 Å². The van der Waals surface area contributed by atoms with Gasteiger partial charge in [-0.1, -0.05) is 47.5 Å². The fourth-order valence-corrected chi connectivity index (χ4v) is 4.28. The summed E-state index contributed by atoms with van der Waals surface area (Å²) in [4.78, 5) is 2.88. The van der Waals surface area contributed by atoms with Gasteiger partial charge in [0.2, 0.25) is 0 Å². The molecule has 2 rings (SSSR count). The average Bonchev–Trinajstić information content (AvgIpc) is 2.44. The van der Waals surface area contributed by atoms with E-state index < -0.39 is 0 Å². The van der Waals surface area contributed by atoms with E-state index in [-0.39, 0.29) is 0 Å². The second-order valence-corrected chi connectivity index (χ2v) is 8.07. The van der Waals surface area contributed by atoms with Crippen molar-refractivity contribution < 1.29 is 0 Å².